The quantitative estimate of drug-likeness (QED) is 0.582. The van der Waals surface area contributed by atoms with Crippen molar-refractivity contribution in [2.24, 2.45) is 0 Å². The Balaban J connectivity index is 1.72. The van der Waals surface area contributed by atoms with Gasteiger partial charge in [-0.2, -0.15) is 0 Å². The summed E-state index contributed by atoms with van der Waals surface area (Å²) in [6, 6.07) is 3.78. The van der Waals surface area contributed by atoms with E-state index in [1.54, 1.807) is 4.90 Å². The first-order valence-corrected chi connectivity index (χ1v) is 6.66. The molecule has 0 aliphatic carbocycles. The third kappa shape index (κ3) is 3.38. The Kier molecular flexibility index (Phi) is 4.28. The van der Waals surface area contributed by atoms with E-state index in [1.165, 1.54) is 11.3 Å². The Bertz CT molecular complexity index is 370. The molecule has 0 atom stereocenters. The van der Waals surface area contributed by atoms with E-state index in [2.05, 4.69) is 4.90 Å². The fourth-order valence-corrected chi connectivity index (χ4v) is 2.61. The first kappa shape index (κ1) is 12.3. The summed E-state index contributed by atoms with van der Waals surface area (Å²) in [5, 5.41) is 1.93. The molecule has 0 aromatic carbocycles. The second kappa shape index (κ2) is 5.93. The number of hydrogen-bond acceptors (Lipinski definition) is 4. The molecule has 5 heteroatoms. The minimum atomic E-state index is 0.220. The van der Waals surface area contributed by atoms with Crippen LogP contribution < -0.4 is 0 Å². The van der Waals surface area contributed by atoms with Crippen LogP contribution in [-0.2, 0) is 4.79 Å². The minimum Gasteiger partial charge on any atom is -0.343 e. The molecule has 1 aliphatic heterocycles. The minimum absolute atomic E-state index is 0.220. The molecule has 92 valence electrons. The molecule has 0 N–H and O–H groups in total. The van der Waals surface area contributed by atoms with Crippen molar-refractivity contribution in [2.45, 2.75) is 6.42 Å². The number of piperazine rings is 1. The highest BCUT2D eigenvalue weighted by Gasteiger charge is 2.16. The average Bonchev–Trinajstić information content (AvgIpc) is 2.90. The molecule has 1 fully saturated rings. The van der Waals surface area contributed by atoms with Crippen molar-refractivity contribution in [3.05, 3.63) is 22.4 Å². The van der Waals surface area contributed by atoms with Gasteiger partial charge in [-0.15, -0.1) is 11.3 Å². The lowest BCUT2D eigenvalue weighted by molar-refractivity contribution is -0.119. The average molecular weight is 252 g/mol. The van der Waals surface area contributed by atoms with Crippen LogP contribution in [-0.4, -0.2) is 54.7 Å². The third-order valence-corrected chi connectivity index (χ3v) is 3.92. The lowest BCUT2D eigenvalue weighted by Crippen LogP contribution is -2.46. The number of carbonyl (C=O) groups is 2. The standard InChI is InChI=1S/C12H16N2O2S/c15-10-14-7-5-13(6-8-14)4-3-11(16)12-2-1-9-17-12/h1-2,9-10H,3-8H2. The highest BCUT2D eigenvalue weighted by Crippen LogP contribution is 2.12. The number of ketones is 1. The summed E-state index contributed by atoms with van der Waals surface area (Å²) in [5.74, 6) is 0.220. The predicted octanol–water partition coefficient (Wildman–Crippen LogP) is 1.09. The molecule has 4 nitrogen and oxygen atoms in total. The van der Waals surface area contributed by atoms with Gasteiger partial charge in [-0.3, -0.25) is 14.5 Å². The summed E-state index contributed by atoms with van der Waals surface area (Å²) < 4.78 is 0. The van der Waals surface area contributed by atoms with E-state index < -0.39 is 0 Å². The maximum absolute atomic E-state index is 11.8. The number of rotatable bonds is 5. The van der Waals surface area contributed by atoms with Crippen molar-refractivity contribution in [3.63, 3.8) is 0 Å². The molecule has 0 bridgehead atoms. The Hall–Kier alpha value is -1.20. The number of nitrogens with zero attached hydrogens (tertiary/aromatic N) is 2. The van der Waals surface area contributed by atoms with Crippen LogP contribution in [0.4, 0.5) is 0 Å². The van der Waals surface area contributed by atoms with Gasteiger partial charge < -0.3 is 4.90 Å². The zero-order valence-electron chi connectivity index (χ0n) is 9.67. The fraction of sp³-hybridized carbons (Fsp3) is 0.500. The zero-order valence-corrected chi connectivity index (χ0v) is 10.5. The second-order valence-corrected chi connectivity index (χ2v) is 5.08. The Morgan fingerprint density at radius 1 is 1.35 bits per heavy atom. The van der Waals surface area contributed by atoms with Crippen LogP contribution in [0, 0.1) is 0 Å². The van der Waals surface area contributed by atoms with Crippen molar-refractivity contribution in [1.82, 2.24) is 9.80 Å². The van der Waals surface area contributed by atoms with E-state index in [0.717, 1.165) is 44.0 Å². The molecule has 1 aromatic rings. The molecule has 2 heterocycles. The van der Waals surface area contributed by atoms with E-state index in [1.807, 2.05) is 17.5 Å². The Morgan fingerprint density at radius 2 is 2.12 bits per heavy atom. The predicted molar refractivity (Wildman–Crippen MR) is 67.3 cm³/mol. The molecule has 2 rings (SSSR count). The molecule has 1 aromatic heterocycles. The van der Waals surface area contributed by atoms with Gasteiger partial charge in [0.2, 0.25) is 6.41 Å². The van der Waals surface area contributed by atoms with Crippen molar-refractivity contribution in [1.29, 1.82) is 0 Å². The van der Waals surface area contributed by atoms with Gasteiger partial charge in [0.05, 0.1) is 4.88 Å². The highest BCUT2D eigenvalue weighted by atomic mass is 32.1. The van der Waals surface area contributed by atoms with Gasteiger partial charge in [0.15, 0.2) is 5.78 Å². The molecule has 1 aliphatic rings. The first-order chi connectivity index (χ1) is 8.29. The molecule has 1 saturated heterocycles. The van der Waals surface area contributed by atoms with E-state index in [-0.39, 0.29) is 5.78 Å². The molecular weight excluding hydrogens is 236 g/mol. The van der Waals surface area contributed by atoms with Crippen molar-refractivity contribution >= 4 is 23.5 Å². The van der Waals surface area contributed by atoms with Crippen molar-refractivity contribution < 1.29 is 9.59 Å². The molecule has 0 unspecified atom stereocenters. The summed E-state index contributed by atoms with van der Waals surface area (Å²) in [6.45, 7) is 4.09. The SMILES string of the molecule is O=CN1CCN(CCC(=O)c2cccs2)CC1. The maximum atomic E-state index is 11.8. The smallest absolute Gasteiger partial charge is 0.209 e. The number of thiophene rings is 1. The summed E-state index contributed by atoms with van der Waals surface area (Å²) in [6.07, 6.45) is 1.47. The summed E-state index contributed by atoms with van der Waals surface area (Å²) in [7, 11) is 0. The van der Waals surface area contributed by atoms with Gasteiger partial charge in [-0.25, -0.2) is 0 Å². The van der Waals surface area contributed by atoms with Crippen LogP contribution in [0.1, 0.15) is 16.1 Å². The molecule has 0 radical (unpaired) electrons. The molecule has 17 heavy (non-hydrogen) atoms. The number of carbonyl (C=O) groups excluding carboxylic acids is 2. The number of amides is 1. The van der Waals surface area contributed by atoms with Gasteiger partial charge >= 0.3 is 0 Å². The van der Waals surface area contributed by atoms with Gasteiger partial charge in [-0.1, -0.05) is 6.07 Å². The van der Waals surface area contributed by atoms with Gasteiger partial charge in [0, 0.05) is 39.1 Å². The normalized spacial score (nSPS) is 17.1. The lowest BCUT2D eigenvalue weighted by Gasteiger charge is -2.32. The zero-order chi connectivity index (χ0) is 12.1. The van der Waals surface area contributed by atoms with Crippen LogP contribution in [0.25, 0.3) is 0 Å². The monoisotopic (exact) mass is 252 g/mol. The maximum Gasteiger partial charge on any atom is 0.209 e. The van der Waals surface area contributed by atoms with E-state index >= 15 is 0 Å². The fourth-order valence-electron chi connectivity index (χ4n) is 1.91. The summed E-state index contributed by atoms with van der Waals surface area (Å²) >= 11 is 1.50. The van der Waals surface area contributed by atoms with Gasteiger partial charge in [-0.05, 0) is 11.4 Å². The number of hydrogen-bond donors (Lipinski definition) is 0. The van der Waals surface area contributed by atoms with Gasteiger partial charge in [0.25, 0.3) is 0 Å². The van der Waals surface area contributed by atoms with E-state index in [9.17, 15) is 9.59 Å². The molecule has 0 spiro atoms. The molecule has 1 amide bonds. The summed E-state index contributed by atoms with van der Waals surface area (Å²) in [4.78, 5) is 27.2. The van der Waals surface area contributed by atoms with Crippen LogP contribution in [0.3, 0.4) is 0 Å². The van der Waals surface area contributed by atoms with Crippen LogP contribution >= 0.6 is 11.3 Å². The number of Topliss-reactive ketones (excluding diaryl/α,β-unsaturated/α-hetero) is 1. The van der Waals surface area contributed by atoms with Crippen LogP contribution in [0.2, 0.25) is 0 Å². The van der Waals surface area contributed by atoms with Gasteiger partial charge in [0.1, 0.15) is 0 Å². The van der Waals surface area contributed by atoms with E-state index in [0.29, 0.717) is 6.42 Å². The van der Waals surface area contributed by atoms with Crippen LogP contribution in [0.15, 0.2) is 17.5 Å². The highest BCUT2D eigenvalue weighted by molar-refractivity contribution is 7.12. The van der Waals surface area contributed by atoms with E-state index in [4.69, 9.17) is 0 Å². The largest absolute Gasteiger partial charge is 0.343 e. The molecular formula is C12H16N2O2S. The Morgan fingerprint density at radius 3 is 2.71 bits per heavy atom. The third-order valence-electron chi connectivity index (χ3n) is 3.01. The lowest BCUT2D eigenvalue weighted by atomic mass is 10.2. The van der Waals surface area contributed by atoms with Crippen molar-refractivity contribution in [2.75, 3.05) is 32.7 Å². The summed E-state index contributed by atoms with van der Waals surface area (Å²) in [5.41, 5.74) is 0. The Labute approximate surface area is 105 Å². The molecule has 0 saturated carbocycles. The van der Waals surface area contributed by atoms with Crippen molar-refractivity contribution in [3.8, 4) is 0 Å². The van der Waals surface area contributed by atoms with Crippen LogP contribution in [0.5, 0.6) is 0 Å². The first-order valence-electron chi connectivity index (χ1n) is 5.78. The second-order valence-electron chi connectivity index (χ2n) is 4.13. The topological polar surface area (TPSA) is 40.6 Å².